The second-order valence-corrected chi connectivity index (χ2v) is 4.76. The third-order valence-corrected chi connectivity index (χ3v) is 2.28. The van der Waals surface area contributed by atoms with Crippen LogP contribution in [0.1, 0.15) is 25.0 Å². The summed E-state index contributed by atoms with van der Waals surface area (Å²) in [7, 11) is 0. The molecule has 0 aromatic heterocycles. The molecule has 1 aromatic carbocycles. The molecule has 102 valence electrons. The van der Waals surface area contributed by atoms with Crippen LogP contribution in [0.3, 0.4) is 0 Å². The van der Waals surface area contributed by atoms with E-state index in [4.69, 9.17) is 0 Å². The molecule has 0 bridgehead atoms. The van der Waals surface area contributed by atoms with Crippen LogP contribution in [0, 0.1) is 0 Å². The van der Waals surface area contributed by atoms with E-state index in [1.165, 1.54) is 19.9 Å². The molecule has 0 amide bonds. The van der Waals surface area contributed by atoms with Crippen LogP contribution in [0.2, 0.25) is 0 Å². The Bertz CT molecular complexity index is 417. The maximum Gasteiger partial charge on any atom is 0.458 e. The Morgan fingerprint density at radius 1 is 1.06 bits per heavy atom. The summed E-state index contributed by atoms with van der Waals surface area (Å²) in [5, 5.41) is 9.51. The summed E-state index contributed by atoms with van der Waals surface area (Å²) in [6.45, 7) is 2.89. The minimum atomic E-state index is -5.62. The van der Waals surface area contributed by atoms with Gasteiger partial charge in [-0.1, -0.05) is 18.2 Å². The van der Waals surface area contributed by atoms with E-state index in [0.29, 0.717) is 0 Å². The molecule has 0 aliphatic rings. The first-order valence-corrected chi connectivity index (χ1v) is 5.20. The molecule has 0 unspecified atom stereocenters. The SMILES string of the molecule is CC(C)(O)Cc1cccc(C(F)(F)C(F)(F)F)c1. The molecule has 1 N–H and O–H groups in total. The highest BCUT2D eigenvalue weighted by atomic mass is 19.4. The molecule has 1 rings (SSSR count). The summed E-state index contributed by atoms with van der Waals surface area (Å²) in [4.78, 5) is 0. The molecular formula is C12H13F5O. The van der Waals surface area contributed by atoms with Crippen molar-refractivity contribution in [3.05, 3.63) is 35.4 Å². The highest BCUT2D eigenvalue weighted by Gasteiger charge is 2.58. The zero-order valence-electron chi connectivity index (χ0n) is 9.85. The molecule has 0 radical (unpaired) electrons. The predicted molar refractivity (Wildman–Crippen MR) is 56.4 cm³/mol. The van der Waals surface area contributed by atoms with Crippen molar-refractivity contribution < 1.29 is 27.1 Å². The summed E-state index contributed by atoms with van der Waals surface area (Å²) >= 11 is 0. The molecule has 0 atom stereocenters. The van der Waals surface area contributed by atoms with Gasteiger partial charge in [-0.2, -0.15) is 22.0 Å². The second-order valence-electron chi connectivity index (χ2n) is 4.76. The summed E-state index contributed by atoms with van der Waals surface area (Å²) in [5.74, 6) is -4.89. The van der Waals surface area contributed by atoms with Gasteiger partial charge in [0.25, 0.3) is 0 Å². The first-order chi connectivity index (χ1) is 7.93. The predicted octanol–water partition coefficient (Wildman–Crippen LogP) is 3.65. The zero-order valence-corrected chi connectivity index (χ0v) is 9.85. The first kappa shape index (κ1) is 14.9. The van der Waals surface area contributed by atoms with Crippen LogP contribution in [0.5, 0.6) is 0 Å². The summed E-state index contributed by atoms with van der Waals surface area (Å²) in [6, 6.07) is 4.01. The highest BCUT2D eigenvalue weighted by molar-refractivity contribution is 5.28. The van der Waals surface area contributed by atoms with Crippen molar-refractivity contribution in [1.29, 1.82) is 0 Å². The molecule has 1 aromatic rings. The summed E-state index contributed by atoms with van der Waals surface area (Å²) < 4.78 is 62.7. The van der Waals surface area contributed by atoms with Crippen molar-refractivity contribution in [3.63, 3.8) is 0 Å². The van der Waals surface area contributed by atoms with E-state index in [-0.39, 0.29) is 12.0 Å². The summed E-state index contributed by atoms with van der Waals surface area (Å²) in [5.41, 5.74) is -2.06. The van der Waals surface area contributed by atoms with E-state index in [0.717, 1.165) is 18.2 Å². The largest absolute Gasteiger partial charge is 0.458 e. The van der Waals surface area contributed by atoms with Gasteiger partial charge in [-0.15, -0.1) is 0 Å². The first-order valence-electron chi connectivity index (χ1n) is 5.20. The van der Waals surface area contributed by atoms with Gasteiger partial charge in [-0.3, -0.25) is 0 Å². The lowest BCUT2D eigenvalue weighted by molar-refractivity contribution is -0.289. The van der Waals surface area contributed by atoms with Crippen molar-refractivity contribution in [1.82, 2.24) is 0 Å². The molecule has 6 heteroatoms. The Kier molecular flexibility index (Phi) is 3.72. The molecule has 0 aliphatic heterocycles. The number of rotatable bonds is 3. The van der Waals surface area contributed by atoms with E-state index in [9.17, 15) is 27.1 Å². The van der Waals surface area contributed by atoms with Crippen LogP contribution in [0.4, 0.5) is 22.0 Å². The van der Waals surface area contributed by atoms with Crippen LogP contribution in [-0.4, -0.2) is 16.9 Å². The van der Waals surface area contributed by atoms with Crippen LogP contribution in [0.15, 0.2) is 24.3 Å². The van der Waals surface area contributed by atoms with E-state index >= 15 is 0 Å². The molecule has 1 nitrogen and oxygen atoms in total. The highest BCUT2D eigenvalue weighted by Crippen LogP contribution is 2.43. The van der Waals surface area contributed by atoms with E-state index in [1.807, 2.05) is 0 Å². The van der Waals surface area contributed by atoms with E-state index in [2.05, 4.69) is 0 Å². The lowest BCUT2D eigenvalue weighted by Crippen LogP contribution is -2.33. The molecule has 0 saturated heterocycles. The van der Waals surface area contributed by atoms with Gasteiger partial charge in [0, 0.05) is 12.0 Å². The van der Waals surface area contributed by atoms with Crippen LogP contribution < -0.4 is 0 Å². The standard InChI is InChI=1S/C12H13F5O/c1-10(2,18)7-8-4-3-5-9(6-8)11(13,14)12(15,16)17/h3-6,18H,7H2,1-2H3. The van der Waals surface area contributed by atoms with Gasteiger partial charge in [0.15, 0.2) is 0 Å². The normalized spacial score (nSPS) is 13.8. The van der Waals surface area contributed by atoms with Crippen molar-refractivity contribution in [3.8, 4) is 0 Å². The Balaban J connectivity index is 3.10. The molecule has 18 heavy (non-hydrogen) atoms. The van der Waals surface area contributed by atoms with Gasteiger partial charge in [-0.25, -0.2) is 0 Å². The van der Waals surface area contributed by atoms with E-state index < -0.39 is 23.3 Å². The number of aliphatic hydroxyl groups is 1. The molecule has 0 spiro atoms. The van der Waals surface area contributed by atoms with Crippen molar-refractivity contribution in [2.45, 2.75) is 38.0 Å². The average molecular weight is 268 g/mol. The quantitative estimate of drug-likeness (QED) is 0.829. The van der Waals surface area contributed by atoms with Crippen molar-refractivity contribution in [2.75, 3.05) is 0 Å². The fourth-order valence-corrected chi connectivity index (χ4v) is 1.54. The minimum absolute atomic E-state index is 0.00518. The Morgan fingerprint density at radius 2 is 1.61 bits per heavy atom. The van der Waals surface area contributed by atoms with Gasteiger partial charge >= 0.3 is 12.1 Å². The molecule has 0 fully saturated rings. The molecule has 0 aliphatic carbocycles. The number of hydrogen-bond donors (Lipinski definition) is 1. The topological polar surface area (TPSA) is 20.2 Å². The lowest BCUT2D eigenvalue weighted by Gasteiger charge is -2.22. The van der Waals surface area contributed by atoms with Crippen LogP contribution >= 0.6 is 0 Å². The monoisotopic (exact) mass is 268 g/mol. The lowest BCUT2D eigenvalue weighted by atomic mass is 9.96. The van der Waals surface area contributed by atoms with Crippen LogP contribution in [-0.2, 0) is 12.3 Å². The number of benzene rings is 1. The Morgan fingerprint density at radius 3 is 2.06 bits per heavy atom. The number of hydrogen-bond acceptors (Lipinski definition) is 1. The molecule has 0 saturated carbocycles. The molecule has 0 heterocycles. The number of halogens is 5. The number of alkyl halides is 5. The van der Waals surface area contributed by atoms with Gasteiger partial charge in [0.1, 0.15) is 0 Å². The van der Waals surface area contributed by atoms with Gasteiger partial charge in [0.2, 0.25) is 0 Å². The van der Waals surface area contributed by atoms with Gasteiger partial charge in [-0.05, 0) is 25.5 Å². The third-order valence-electron chi connectivity index (χ3n) is 2.28. The maximum atomic E-state index is 13.1. The maximum absolute atomic E-state index is 13.1. The fraction of sp³-hybridized carbons (Fsp3) is 0.500. The smallest absolute Gasteiger partial charge is 0.390 e. The summed E-state index contributed by atoms with van der Waals surface area (Å²) in [6.07, 6.45) is -5.63. The Hall–Kier alpha value is -1.17. The second kappa shape index (κ2) is 4.50. The fourth-order valence-electron chi connectivity index (χ4n) is 1.54. The van der Waals surface area contributed by atoms with Gasteiger partial charge < -0.3 is 5.11 Å². The third kappa shape index (κ3) is 3.41. The van der Waals surface area contributed by atoms with Crippen molar-refractivity contribution >= 4 is 0 Å². The Labute approximate surface area is 101 Å². The minimum Gasteiger partial charge on any atom is -0.390 e. The van der Waals surface area contributed by atoms with Crippen molar-refractivity contribution in [2.24, 2.45) is 0 Å². The van der Waals surface area contributed by atoms with Crippen LogP contribution in [0.25, 0.3) is 0 Å². The van der Waals surface area contributed by atoms with Gasteiger partial charge in [0.05, 0.1) is 5.60 Å². The zero-order chi connectivity index (χ0) is 14.2. The van der Waals surface area contributed by atoms with E-state index in [1.54, 1.807) is 0 Å². The average Bonchev–Trinajstić information content (AvgIpc) is 2.13. The molecular weight excluding hydrogens is 255 g/mol.